The molecule has 1 N–H and O–H groups in total. The highest BCUT2D eigenvalue weighted by atomic mass is 19.1. The van der Waals surface area contributed by atoms with Crippen LogP contribution in [0.1, 0.15) is 24.5 Å². The topological polar surface area (TPSA) is 41.6 Å². The van der Waals surface area contributed by atoms with Gasteiger partial charge in [0.2, 0.25) is 5.91 Å². The quantitative estimate of drug-likeness (QED) is 0.907. The molecule has 1 saturated heterocycles. The number of morpholine rings is 1. The fourth-order valence-electron chi connectivity index (χ4n) is 2.43. The molecule has 5 heteroatoms. The SMILES string of the molecule is O=C(CN1CCOC(c2ccc(F)cc2)C1)NC1CC1. The zero-order chi connectivity index (χ0) is 13.9. The predicted molar refractivity (Wildman–Crippen MR) is 72.7 cm³/mol. The summed E-state index contributed by atoms with van der Waals surface area (Å²) in [5.74, 6) is -0.155. The zero-order valence-corrected chi connectivity index (χ0v) is 11.3. The molecule has 3 rings (SSSR count). The first-order valence-corrected chi connectivity index (χ1v) is 7.09. The third-order valence-corrected chi connectivity index (χ3v) is 3.70. The van der Waals surface area contributed by atoms with Gasteiger partial charge in [0.25, 0.3) is 0 Å². The van der Waals surface area contributed by atoms with E-state index in [2.05, 4.69) is 10.2 Å². The second kappa shape index (κ2) is 5.89. The maximum absolute atomic E-state index is 12.9. The zero-order valence-electron chi connectivity index (χ0n) is 11.3. The van der Waals surface area contributed by atoms with Crippen molar-refractivity contribution in [2.45, 2.75) is 25.0 Å². The van der Waals surface area contributed by atoms with E-state index in [-0.39, 0.29) is 17.8 Å². The number of hydrogen-bond acceptors (Lipinski definition) is 3. The van der Waals surface area contributed by atoms with Gasteiger partial charge in [0, 0.05) is 19.1 Å². The van der Waals surface area contributed by atoms with Crippen LogP contribution in [0.15, 0.2) is 24.3 Å². The van der Waals surface area contributed by atoms with Crippen LogP contribution >= 0.6 is 0 Å². The van der Waals surface area contributed by atoms with Crippen LogP contribution in [0.25, 0.3) is 0 Å². The molecule has 2 aliphatic rings. The van der Waals surface area contributed by atoms with Crippen LogP contribution in [0.4, 0.5) is 4.39 Å². The van der Waals surface area contributed by atoms with Crippen molar-refractivity contribution in [1.82, 2.24) is 10.2 Å². The van der Waals surface area contributed by atoms with Crippen LogP contribution in [0.5, 0.6) is 0 Å². The molecule has 1 unspecified atom stereocenters. The van der Waals surface area contributed by atoms with E-state index in [1.807, 2.05) is 0 Å². The van der Waals surface area contributed by atoms with Crippen molar-refractivity contribution in [1.29, 1.82) is 0 Å². The summed E-state index contributed by atoms with van der Waals surface area (Å²) in [6.45, 7) is 2.44. The van der Waals surface area contributed by atoms with Crippen molar-refractivity contribution in [3.8, 4) is 0 Å². The standard InChI is InChI=1S/C15H19FN2O2/c16-12-3-1-11(2-4-12)14-9-18(7-8-20-14)10-15(19)17-13-5-6-13/h1-4,13-14H,5-10H2,(H,17,19). The van der Waals surface area contributed by atoms with E-state index in [9.17, 15) is 9.18 Å². The summed E-state index contributed by atoms with van der Waals surface area (Å²) in [5.41, 5.74) is 0.957. The van der Waals surface area contributed by atoms with Gasteiger partial charge in [-0.05, 0) is 30.5 Å². The van der Waals surface area contributed by atoms with Gasteiger partial charge in [-0.25, -0.2) is 4.39 Å². The van der Waals surface area contributed by atoms with Gasteiger partial charge in [0.05, 0.1) is 19.3 Å². The van der Waals surface area contributed by atoms with E-state index in [1.54, 1.807) is 12.1 Å². The number of nitrogens with zero attached hydrogens (tertiary/aromatic N) is 1. The van der Waals surface area contributed by atoms with Gasteiger partial charge in [-0.15, -0.1) is 0 Å². The third kappa shape index (κ3) is 3.55. The Labute approximate surface area is 117 Å². The number of carbonyl (C=O) groups is 1. The number of halogens is 1. The third-order valence-electron chi connectivity index (χ3n) is 3.70. The monoisotopic (exact) mass is 278 g/mol. The minimum atomic E-state index is -0.245. The van der Waals surface area contributed by atoms with Crippen molar-refractivity contribution in [2.24, 2.45) is 0 Å². The summed E-state index contributed by atoms with van der Waals surface area (Å²) < 4.78 is 18.6. The Morgan fingerprint density at radius 3 is 2.80 bits per heavy atom. The van der Waals surface area contributed by atoms with Crippen molar-refractivity contribution < 1.29 is 13.9 Å². The molecule has 1 aliphatic carbocycles. The van der Waals surface area contributed by atoms with Crippen LogP contribution < -0.4 is 5.32 Å². The maximum Gasteiger partial charge on any atom is 0.234 e. The molecule has 1 aromatic carbocycles. The van der Waals surface area contributed by atoms with Gasteiger partial charge in [-0.3, -0.25) is 9.69 Å². The molecule has 1 saturated carbocycles. The van der Waals surface area contributed by atoms with Gasteiger partial charge in [0.15, 0.2) is 0 Å². The van der Waals surface area contributed by atoms with Crippen LogP contribution in [0.3, 0.4) is 0 Å². The normalized spacial score (nSPS) is 23.6. The van der Waals surface area contributed by atoms with Crippen LogP contribution in [0, 0.1) is 5.82 Å². The number of carbonyl (C=O) groups excluding carboxylic acids is 1. The van der Waals surface area contributed by atoms with E-state index in [4.69, 9.17) is 4.74 Å². The van der Waals surface area contributed by atoms with Gasteiger partial charge in [-0.2, -0.15) is 0 Å². The Morgan fingerprint density at radius 1 is 1.35 bits per heavy atom. The number of ether oxygens (including phenoxy) is 1. The Bertz CT molecular complexity index is 473. The molecule has 0 spiro atoms. The lowest BCUT2D eigenvalue weighted by molar-refractivity contribution is -0.124. The van der Waals surface area contributed by atoms with Gasteiger partial charge < -0.3 is 10.1 Å². The van der Waals surface area contributed by atoms with Crippen LogP contribution in [-0.2, 0) is 9.53 Å². The maximum atomic E-state index is 12.9. The average molecular weight is 278 g/mol. The van der Waals surface area contributed by atoms with E-state index in [0.29, 0.717) is 25.7 Å². The molecule has 1 amide bonds. The number of amides is 1. The minimum absolute atomic E-state index is 0.0851. The van der Waals surface area contributed by atoms with Gasteiger partial charge >= 0.3 is 0 Å². The lowest BCUT2D eigenvalue weighted by atomic mass is 10.1. The van der Waals surface area contributed by atoms with Crippen LogP contribution in [0.2, 0.25) is 0 Å². The molecule has 1 aliphatic heterocycles. The Kier molecular flexibility index (Phi) is 3.98. The molecule has 0 radical (unpaired) electrons. The lowest BCUT2D eigenvalue weighted by Crippen LogP contribution is -2.44. The van der Waals surface area contributed by atoms with Gasteiger partial charge in [0.1, 0.15) is 5.82 Å². The molecule has 20 heavy (non-hydrogen) atoms. The van der Waals surface area contributed by atoms with E-state index in [0.717, 1.165) is 24.9 Å². The van der Waals surface area contributed by atoms with E-state index >= 15 is 0 Å². The predicted octanol–water partition coefficient (Wildman–Crippen LogP) is 1.48. The lowest BCUT2D eigenvalue weighted by Gasteiger charge is -2.32. The first-order chi connectivity index (χ1) is 9.70. The minimum Gasteiger partial charge on any atom is -0.371 e. The molecule has 108 valence electrons. The largest absolute Gasteiger partial charge is 0.371 e. The fraction of sp³-hybridized carbons (Fsp3) is 0.533. The first kappa shape index (κ1) is 13.5. The molecular weight excluding hydrogens is 259 g/mol. The highest BCUT2D eigenvalue weighted by Crippen LogP contribution is 2.22. The highest BCUT2D eigenvalue weighted by Gasteiger charge is 2.26. The Hall–Kier alpha value is -1.46. The van der Waals surface area contributed by atoms with E-state index in [1.165, 1.54) is 12.1 Å². The first-order valence-electron chi connectivity index (χ1n) is 7.09. The van der Waals surface area contributed by atoms with Crippen LogP contribution in [-0.4, -0.2) is 43.1 Å². The fourth-order valence-corrected chi connectivity index (χ4v) is 2.43. The summed E-state index contributed by atoms with van der Waals surface area (Å²) >= 11 is 0. The Morgan fingerprint density at radius 2 is 2.10 bits per heavy atom. The van der Waals surface area contributed by atoms with Crippen molar-refractivity contribution in [3.05, 3.63) is 35.6 Å². The summed E-state index contributed by atoms with van der Waals surface area (Å²) in [6, 6.07) is 6.77. The number of rotatable bonds is 4. The summed E-state index contributed by atoms with van der Waals surface area (Å²) in [5, 5.41) is 2.99. The summed E-state index contributed by atoms with van der Waals surface area (Å²) in [6.07, 6.45) is 2.12. The molecule has 1 heterocycles. The van der Waals surface area contributed by atoms with Crippen molar-refractivity contribution >= 4 is 5.91 Å². The highest BCUT2D eigenvalue weighted by molar-refractivity contribution is 5.78. The molecule has 0 aromatic heterocycles. The summed E-state index contributed by atoms with van der Waals surface area (Å²) in [4.78, 5) is 13.9. The van der Waals surface area contributed by atoms with Crippen molar-refractivity contribution in [3.63, 3.8) is 0 Å². The molecule has 2 fully saturated rings. The number of benzene rings is 1. The van der Waals surface area contributed by atoms with Gasteiger partial charge in [-0.1, -0.05) is 12.1 Å². The summed E-state index contributed by atoms with van der Waals surface area (Å²) in [7, 11) is 0. The molecule has 1 atom stereocenters. The second-order valence-electron chi connectivity index (χ2n) is 5.49. The second-order valence-corrected chi connectivity index (χ2v) is 5.49. The smallest absolute Gasteiger partial charge is 0.234 e. The molecule has 1 aromatic rings. The number of nitrogens with one attached hydrogen (secondary N) is 1. The average Bonchev–Trinajstić information content (AvgIpc) is 3.23. The number of hydrogen-bond donors (Lipinski definition) is 1. The molecule has 0 bridgehead atoms. The molecular formula is C15H19FN2O2. The van der Waals surface area contributed by atoms with E-state index < -0.39 is 0 Å². The molecule has 4 nitrogen and oxygen atoms in total. The Balaban J connectivity index is 1.55. The van der Waals surface area contributed by atoms with Crippen molar-refractivity contribution in [2.75, 3.05) is 26.2 Å².